The minimum atomic E-state index is -2.53. The number of methoxy groups -OCH3 is 1. The molecule has 0 saturated carbocycles. The quantitative estimate of drug-likeness (QED) is 0.0638. The molecule has 2 heterocycles. The topological polar surface area (TPSA) is 119 Å². The van der Waals surface area contributed by atoms with E-state index in [1.807, 2.05) is 46.8 Å². The fourth-order valence-corrected chi connectivity index (χ4v) is 15.3. The lowest BCUT2D eigenvalue weighted by atomic mass is 9.79. The number of carbonyl (C=O) groups is 2. The Bertz CT molecular complexity index is 1710. The van der Waals surface area contributed by atoms with Crippen molar-refractivity contribution in [2.75, 3.05) is 13.9 Å². The third-order valence-electron chi connectivity index (χ3n) is 16.9. The Balaban J connectivity index is 2.78. The number of fused-ring (bicyclic) bond motifs is 2. The molecule has 10 nitrogen and oxygen atoms in total. The molecule has 0 aromatic carbocycles. The fourth-order valence-electron chi connectivity index (χ4n) is 9.43. The van der Waals surface area contributed by atoms with Gasteiger partial charge in [-0.2, -0.15) is 0 Å². The molecular weight excluding hydrogens is 917 g/mol. The van der Waals surface area contributed by atoms with Crippen molar-refractivity contribution in [3.05, 3.63) is 47.6 Å². The average Bonchev–Trinajstić information content (AvgIpc) is 3.37. The molecule has 0 unspecified atom stereocenters. The maximum absolute atomic E-state index is 14.5. The second-order valence-electron chi connectivity index (χ2n) is 24.2. The number of allylic oxidation sites excluding steroid dienone is 5. The molecule has 1 saturated heterocycles. The predicted octanol–water partition coefficient (Wildman–Crippen LogP) is 14.1. The molecule has 0 radical (unpaired) electrons. The van der Waals surface area contributed by atoms with Crippen LogP contribution in [0.5, 0.6) is 0 Å². The molecule has 69 heavy (non-hydrogen) atoms. The van der Waals surface area contributed by atoms with E-state index in [2.05, 4.69) is 121 Å². The molecule has 0 aromatic rings. The molecule has 400 valence electrons. The van der Waals surface area contributed by atoms with Gasteiger partial charge in [-0.15, -0.1) is 0 Å². The Morgan fingerprint density at radius 2 is 1.48 bits per heavy atom. The third-order valence-corrected chi connectivity index (χ3v) is 30.6. The summed E-state index contributed by atoms with van der Waals surface area (Å²) >= 11 is 0. The van der Waals surface area contributed by atoms with Crippen LogP contribution in [0, 0.1) is 23.7 Å². The maximum Gasteiger partial charge on any atom is 0.331 e. The fraction of sp³-hybridized carbons (Fsp3) is 0.821. The Kier molecular flexibility index (Phi) is 25.0. The molecule has 1 fully saturated rings. The van der Waals surface area contributed by atoms with Crippen molar-refractivity contribution in [3.63, 3.8) is 0 Å². The first-order valence-electron chi connectivity index (χ1n) is 26.7. The van der Waals surface area contributed by atoms with Gasteiger partial charge in [0.05, 0.1) is 24.4 Å². The summed E-state index contributed by atoms with van der Waals surface area (Å²) in [5.41, 5.74) is 1.16. The normalized spacial score (nSPS) is 29.2. The van der Waals surface area contributed by atoms with E-state index in [1.54, 1.807) is 13.2 Å². The van der Waals surface area contributed by atoms with Crippen LogP contribution in [0.15, 0.2) is 47.6 Å². The predicted molar refractivity (Wildman–Crippen MR) is 293 cm³/mol. The third kappa shape index (κ3) is 17.8. The minimum Gasteiger partial charge on any atom is -0.456 e. The molecule has 2 aliphatic rings. The van der Waals surface area contributed by atoms with Crippen LogP contribution in [-0.4, -0.2) is 104 Å². The highest BCUT2D eigenvalue weighted by molar-refractivity contribution is 6.74. The summed E-state index contributed by atoms with van der Waals surface area (Å²) in [5.74, 6) is -2.06. The van der Waals surface area contributed by atoms with Crippen molar-refractivity contribution in [3.8, 4) is 0 Å². The molecule has 2 aliphatic heterocycles. The number of aliphatic hydroxyl groups excluding tert-OH is 1. The molecule has 0 spiro atoms. The van der Waals surface area contributed by atoms with E-state index in [1.165, 1.54) is 6.08 Å². The van der Waals surface area contributed by atoms with Gasteiger partial charge in [0.2, 0.25) is 0 Å². The van der Waals surface area contributed by atoms with Crippen LogP contribution in [0.3, 0.4) is 0 Å². The molecule has 0 aliphatic carbocycles. The zero-order chi connectivity index (χ0) is 52.9. The van der Waals surface area contributed by atoms with Crippen molar-refractivity contribution in [2.45, 2.75) is 259 Å². The molecule has 1 N–H and O–H groups in total. The lowest BCUT2D eigenvalue weighted by Crippen LogP contribution is -2.54. The van der Waals surface area contributed by atoms with Gasteiger partial charge in [-0.3, -0.25) is 4.79 Å². The number of cyclic esters (lactones) is 1. The van der Waals surface area contributed by atoms with Crippen LogP contribution in [0.25, 0.3) is 0 Å². The van der Waals surface area contributed by atoms with Gasteiger partial charge in [0.15, 0.2) is 25.0 Å². The Hall–Kier alpha value is -1.53. The van der Waals surface area contributed by atoms with Gasteiger partial charge in [-0.05, 0) is 101 Å². The summed E-state index contributed by atoms with van der Waals surface area (Å²) in [4.78, 5) is 28.7. The van der Waals surface area contributed by atoms with Gasteiger partial charge in [0.25, 0.3) is 0 Å². The van der Waals surface area contributed by atoms with Crippen LogP contribution in [-0.2, 0) is 41.8 Å². The zero-order valence-corrected chi connectivity index (χ0v) is 51.0. The van der Waals surface area contributed by atoms with Crippen molar-refractivity contribution >= 4 is 36.7 Å². The standard InChI is InChI=1S/C56H104O10Si3/c1-23-27-28-31-48-45-35-39(5)30-29-32-49(60-18)52(63-50(59)34-33-40(6)37-56(17,62-38-61-48)53(45)66-69(24-2,25-3)26-4)43(9)51(65-68(21,22)55(14,15)16)42(8)47(58)36-46(57)41(7)44(10)64-67(19,20)54(11,12)13/h29-30,32-34,37,41-46,48-49,51-53,57H,23-28,31,35-36,38H2,1-22H3/b32-29-,34-33-,39-30-,40-37-/t41-,42-,43+,44-,45+,46-,48+,49+,51+,52-,53+,56+/m1/s1. The zero-order valence-electron chi connectivity index (χ0n) is 48.0. The molecular formula is C56H104O10Si3. The van der Waals surface area contributed by atoms with Gasteiger partial charge in [-0.25, -0.2) is 4.79 Å². The Labute approximate surface area is 425 Å². The highest BCUT2D eigenvalue weighted by Gasteiger charge is 2.50. The van der Waals surface area contributed by atoms with E-state index in [-0.39, 0.29) is 59.2 Å². The Morgan fingerprint density at radius 3 is 2.01 bits per heavy atom. The molecule has 13 heteroatoms. The highest BCUT2D eigenvalue weighted by atomic mass is 28.4. The molecule has 0 aromatic heterocycles. The van der Waals surface area contributed by atoms with Gasteiger partial charge in [-0.1, -0.05) is 145 Å². The molecule has 12 atom stereocenters. The number of unbranched alkanes of at least 4 members (excludes halogenated alkanes) is 2. The van der Waals surface area contributed by atoms with E-state index in [4.69, 9.17) is 32.2 Å². The van der Waals surface area contributed by atoms with Gasteiger partial charge in [0, 0.05) is 49.4 Å². The first-order chi connectivity index (χ1) is 31.8. The van der Waals surface area contributed by atoms with Crippen LogP contribution < -0.4 is 0 Å². The van der Waals surface area contributed by atoms with Crippen LogP contribution >= 0.6 is 0 Å². The monoisotopic (exact) mass is 1020 g/mol. The molecule has 2 bridgehead atoms. The lowest BCUT2D eigenvalue weighted by molar-refractivity contribution is -0.157. The van der Waals surface area contributed by atoms with E-state index in [9.17, 15) is 14.7 Å². The number of ketones is 1. The van der Waals surface area contributed by atoms with Crippen molar-refractivity contribution in [2.24, 2.45) is 23.7 Å². The maximum atomic E-state index is 14.5. The smallest absolute Gasteiger partial charge is 0.331 e. The van der Waals surface area contributed by atoms with Gasteiger partial charge in [0.1, 0.15) is 30.4 Å². The first kappa shape index (κ1) is 63.6. The summed E-state index contributed by atoms with van der Waals surface area (Å²) in [6, 6.07) is 3.02. The number of hydrogen-bond donors (Lipinski definition) is 1. The number of aliphatic hydroxyl groups is 1. The van der Waals surface area contributed by atoms with Gasteiger partial charge < -0.3 is 37.3 Å². The van der Waals surface area contributed by atoms with Crippen molar-refractivity contribution < 1.29 is 46.9 Å². The van der Waals surface area contributed by atoms with Crippen LogP contribution in [0.4, 0.5) is 0 Å². The van der Waals surface area contributed by atoms with E-state index in [0.717, 1.165) is 61.4 Å². The van der Waals surface area contributed by atoms with E-state index >= 15 is 0 Å². The van der Waals surface area contributed by atoms with Crippen LogP contribution in [0.2, 0.25) is 54.4 Å². The number of esters is 1. The second-order valence-corrected chi connectivity index (χ2v) is 38.4. The molecule has 2 rings (SSSR count). The van der Waals surface area contributed by atoms with Gasteiger partial charge >= 0.3 is 5.97 Å². The average molecular weight is 1020 g/mol. The minimum absolute atomic E-state index is 0.00803. The van der Waals surface area contributed by atoms with Crippen molar-refractivity contribution in [1.29, 1.82) is 0 Å². The molecule has 0 amide bonds. The van der Waals surface area contributed by atoms with E-state index in [0.29, 0.717) is 0 Å². The first-order valence-corrected chi connectivity index (χ1v) is 35.1. The highest BCUT2D eigenvalue weighted by Crippen LogP contribution is 2.44. The SMILES string of the molecule is CCCCC[C@@H]1OCO[C@@]2(C)/C=C(C)\C=C/C(=O)O[C@H]([C@@H](C)[C@@H](O[Si](C)(C)C(C)(C)C)[C@H](C)C(=O)C[C@@H](O)[C@H](C)[C@@H](C)O[Si](C)(C)C(C)(C)C)[C@@H](OC)/C=C\C=C(\C)C[C@@H]1[C@@H]2O[Si](CC)(CC)CC. The lowest BCUT2D eigenvalue weighted by Gasteiger charge is -2.45. The number of ether oxygens (including phenoxy) is 4. The number of Topliss-reactive ketones (excluding diaryl/α,β-unsaturated/α-hetero) is 1. The second kappa shape index (κ2) is 27.1. The Morgan fingerprint density at radius 1 is 0.899 bits per heavy atom. The summed E-state index contributed by atoms with van der Waals surface area (Å²) < 4.78 is 47.6. The number of carbonyl (C=O) groups excluding carboxylic acids is 2. The van der Waals surface area contributed by atoms with Crippen molar-refractivity contribution in [1.82, 2.24) is 0 Å². The van der Waals surface area contributed by atoms with Crippen LogP contribution in [0.1, 0.15) is 156 Å². The largest absolute Gasteiger partial charge is 0.456 e. The van der Waals surface area contributed by atoms with E-state index < -0.39 is 72.8 Å². The number of rotatable bonds is 22. The number of hydrogen-bond acceptors (Lipinski definition) is 10. The summed E-state index contributed by atoms with van der Waals surface area (Å²) in [6.07, 6.45) is 12.7. The summed E-state index contributed by atoms with van der Waals surface area (Å²) in [6.45, 7) is 45.2. The summed E-state index contributed by atoms with van der Waals surface area (Å²) in [5, 5.41) is 11.5. The summed E-state index contributed by atoms with van der Waals surface area (Å²) in [7, 11) is -5.18.